The van der Waals surface area contributed by atoms with Crippen molar-refractivity contribution in [1.82, 2.24) is 10.2 Å². The highest BCUT2D eigenvalue weighted by Gasteiger charge is 2.26. The maximum Gasteiger partial charge on any atom is 0.224 e. The van der Waals surface area contributed by atoms with Gasteiger partial charge in [0.25, 0.3) is 0 Å². The molecule has 1 unspecified atom stereocenters. The molecule has 1 heterocycles. The van der Waals surface area contributed by atoms with Crippen molar-refractivity contribution in [2.24, 2.45) is 5.92 Å². The topological polar surface area (TPSA) is 32.3 Å². The number of rotatable bonds is 3. The molecule has 1 amide bonds. The third-order valence-electron chi connectivity index (χ3n) is 2.98. The van der Waals surface area contributed by atoms with Crippen LogP contribution in [0.5, 0.6) is 0 Å². The van der Waals surface area contributed by atoms with Gasteiger partial charge in [-0.3, -0.25) is 4.79 Å². The van der Waals surface area contributed by atoms with Crippen LogP contribution in [0.3, 0.4) is 0 Å². The minimum atomic E-state index is 0.198. The number of likely N-dealkylation sites (tertiary alicyclic amines) is 1. The van der Waals surface area contributed by atoms with E-state index in [1.54, 1.807) is 0 Å². The Morgan fingerprint density at radius 1 is 1.33 bits per heavy atom. The van der Waals surface area contributed by atoms with E-state index in [2.05, 4.69) is 24.1 Å². The number of nitrogens with one attached hydrogen (secondary N) is 1. The van der Waals surface area contributed by atoms with Crippen LogP contribution in [-0.2, 0) is 4.79 Å². The van der Waals surface area contributed by atoms with E-state index >= 15 is 0 Å². The lowest BCUT2D eigenvalue weighted by molar-refractivity contribution is -0.127. The molecule has 3 heteroatoms. The highest BCUT2D eigenvalue weighted by molar-refractivity contribution is 5.79. The summed E-state index contributed by atoms with van der Waals surface area (Å²) >= 11 is 0. The van der Waals surface area contributed by atoms with Crippen molar-refractivity contribution < 1.29 is 4.79 Å². The number of carbonyl (C=O) groups excluding carboxylic acids is 1. The second-order valence-electron chi connectivity index (χ2n) is 5.09. The van der Waals surface area contributed by atoms with Crippen LogP contribution in [0.2, 0.25) is 0 Å². The normalized spacial score (nSPS) is 23.5. The third-order valence-corrected chi connectivity index (χ3v) is 2.98. The quantitative estimate of drug-likeness (QED) is 0.771. The number of hydrogen-bond donors (Lipinski definition) is 1. The SMILES string of the molecule is CC(C)NC(=O)C1CCCN(C(C)C)C1. The van der Waals surface area contributed by atoms with Crippen molar-refractivity contribution in [3.63, 3.8) is 0 Å². The minimum Gasteiger partial charge on any atom is -0.354 e. The van der Waals surface area contributed by atoms with Gasteiger partial charge in [0.2, 0.25) is 5.91 Å². The van der Waals surface area contributed by atoms with E-state index in [4.69, 9.17) is 0 Å². The Balaban J connectivity index is 2.45. The van der Waals surface area contributed by atoms with Crippen LogP contribution >= 0.6 is 0 Å². The molecule has 1 aliphatic rings. The molecule has 88 valence electrons. The van der Waals surface area contributed by atoms with Gasteiger partial charge in [0, 0.05) is 18.6 Å². The zero-order valence-electron chi connectivity index (χ0n) is 10.4. The number of hydrogen-bond acceptors (Lipinski definition) is 2. The summed E-state index contributed by atoms with van der Waals surface area (Å²) in [6.07, 6.45) is 2.19. The second kappa shape index (κ2) is 5.50. The van der Waals surface area contributed by atoms with Gasteiger partial charge in [-0.1, -0.05) is 0 Å². The summed E-state index contributed by atoms with van der Waals surface area (Å²) in [6.45, 7) is 10.5. The zero-order valence-corrected chi connectivity index (χ0v) is 10.4. The van der Waals surface area contributed by atoms with Gasteiger partial charge in [-0.05, 0) is 47.1 Å². The Morgan fingerprint density at radius 2 is 2.00 bits per heavy atom. The first-order chi connectivity index (χ1) is 7.00. The van der Waals surface area contributed by atoms with Crippen LogP contribution in [0.15, 0.2) is 0 Å². The summed E-state index contributed by atoms with van der Waals surface area (Å²) in [5.41, 5.74) is 0. The van der Waals surface area contributed by atoms with Crippen LogP contribution in [0.1, 0.15) is 40.5 Å². The Kier molecular flexibility index (Phi) is 4.58. The molecule has 1 saturated heterocycles. The van der Waals surface area contributed by atoms with Gasteiger partial charge in [0.15, 0.2) is 0 Å². The lowest BCUT2D eigenvalue weighted by Gasteiger charge is -2.35. The first kappa shape index (κ1) is 12.5. The molecule has 1 atom stereocenters. The molecule has 0 bridgehead atoms. The van der Waals surface area contributed by atoms with Gasteiger partial charge in [-0.25, -0.2) is 0 Å². The van der Waals surface area contributed by atoms with Gasteiger partial charge in [-0.15, -0.1) is 0 Å². The molecule has 3 nitrogen and oxygen atoms in total. The van der Waals surface area contributed by atoms with E-state index in [1.165, 1.54) is 0 Å². The summed E-state index contributed by atoms with van der Waals surface area (Å²) in [5.74, 6) is 0.430. The lowest BCUT2D eigenvalue weighted by atomic mass is 9.96. The number of carbonyl (C=O) groups is 1. The van der Waals surface area contributed by atoms with Gasteiger partial charge < -0.3 is 10.2 Å². The molecule has 15 heavy (non-hydrogen) atoms. The molecule has 1 N–H and O–H groups in total. The number of nitrogens with zero attached hydrogens (tertiary/aromatic N) is 1. The first-order valence-electron chi connectivity index (χ1n) is 6.05. The Hall–Kier alpha value is -0.570. The molecule has 1 rings (SSSR count). The first-order valence-corrected chi connectivity index (χ1v) is 6.05. The highest BCUT2D eigenvalue weighted by Crippen LogP contribution is 2.18. The van der Waals surface area contributed by atoms with Gasteiger partial charge >= 0.3 is 0 Å². The monoisotopic (exact) mass is 212 g/mol. The van der Waals surface area contributed by atoms with Gasteiger partial charge in [0.05, 0.1) is 5.92 Å². The van der Waals surface area contributed by atoms with E-state index in [1.807, 2.05) is 13.8 Å². The summed E-state index contributed by atoms with van der Waals surface area (Å²) in [4.78, 5) is 14.2. The molecule has 0 aromatic carbocycles. The molecular formula is C12H24N2O. The van der Waals surface area contributed by atoms with E-state index < -0.39 is 0 Å². The van der Waals surface area contributed by atoms with Crippen LogP contribution < -0.4 is 5.32 Å². The van der Waals surface area contributed by atoms with Crippen molar-refractivity contribution in [2.75, 3.05) is 13.1 Å². The van der Waals surface area contributed by atoms with E-state index in [-0.39, 0.29) is 17.9 Å². The van der Waals surface area contributed by atoms with E-state index in [0.29, 0.717) is 6.04 Å². The van der Waals surface area contributed by atoms with Crippen molar-refractivity contribution in [1.29, 1.82) is 0 Å². The zero-order chi connectivity index (χ0) is 11.4. The smallest absolute Gasteiger partial charge is 0.224 e. The molecule has 0 aromatic rings. The fourth-order valence-corrected chi connectivity index (χ4v) is 2.09. The maximum atomic E-state index is 11.8. The molecule has 0 aliphatic carbocycles. The molecule has 0 spiro atoms. The Bertz CT molecular complexity index is 214. The van der Waals surface area contributed by atoms with E-state index in [9.17, 15) is 4.79 Å². The van der Waals surface area contributed by atoms with Crippen LogP contribution in [0.25, 0.3) is 0 Å². The average Bonchev–Trinajstić information content (AvgIpc) is 2.17. The van der Waals surface area contributed by atoms with Crippen molar-refractivity contribution in [2.45, 2.75) is 52.6 Å². The number of piperidine rings is 1. The summed E-state index contributed by atoms with van der Waals surface area (Å²) in [7, 11) is 0. The van der Waals surface area contributed by atoms with Gasteiger partial charge in [0.1, 0.15) is 0 Å². The van der Waals surface area contributed by atoms with Crippen LogP contribution in [0, 0.1) is 5.92 Å². The van der Waals surface area contributed by atoms with Crippen molar-refractivity contribution in [3.05, 3.63) is 0 Å². The minimum absolute atomic E-state index is 0.198. The standard InChI is InChI=1S/C12H24N2O/c1-9(2)13-12(15)11-6-5-7-14(8-11)10(3)4/h9-11H,5-8H2,1-4H3,(H,13,15). The third kappa shape index (κ3) is 3.82. The lowest BCUT2D eigenvalue weighted by Crippen LogP contribution is -2.46. The molecule has 0 radical (unpaired) electrons. The van der Waals surface area contributed by atoms with Crippen LogP contribution in [-0.4, -0.2) is 36.0 Å². The number of amides is 1. The molecule has 1 aliphatic heterocycles. The second-order valence-corrected chi connectivity index (χ2v) is 5.09. The fraction of sp³-hybridized carbons (Fsp3) is 0.917. The summed E-state index contributed by atoms with van der Waals surface area (Å²) in [5, 5.41) is 3.01. The van der Waals surface area contributed by atoms with Gasteiger partial charge in [-0.2, -0.15) is 0 Å². The largest absolute Gasteiger partial charge is 0.354 e. The predicted octanol–water partition coefficient (Wildman–Crippen LogP) is 1.63. The van der Waals surface area contributed by atoms with Crippen LogP contribution in [0.4, 0.5) is 0 Å². The molecule has 0 aromatic heterocycles. The highest BCUT2D eigenvalue weighted by atomic mass is 16.2. The molecule has 0 saturated carbocycles. The predicted molar refractivity (Wildman–Crippen MR) is 62.7 cm³/mol. The molecule has 1 fully saturated rings. The van der Waals surface area contributed by atoms with E-state index in [0.717, 1.165) is 25.9 Å². The van der Waals surface area contributed by atoms with Crippen molar-refractivity contribution >= 4 is 5.91 Å². The molecular weight excluding hydrogens is 188 g/mol. The Morgan fingerprint density at radius 3 is 2.53 bits per heavy atom. The maximum absolute atomic E-state index is 11.8. The average molecular weight is 212 g/mol. The summed E-state index contributed by atoms with van der Waals surface area (Å²) < 4.78 is 0. The van der Waals surface area contributed by atoms with Crippen molar-refractivity contribution in [3.8, 4) is 0 Å². The summed E-state index contributed by atoms with van der Waals surface area (Å²) in [6, 6.07) is 0.812. The Labute approximate surface area is 93.2 Å². The fourth-order valence-electron chi connectivity index (χ4n) is 2.09.